The molecule has 1 aromatic carbocycles. The minimum Gasteiger partial charge on any atom is -0.481 e. The van der Waals surface area contributed by atoms with Crippen molar-refractivity contribution in [3.63, 3.8) is 0 Å². The number of nitrogen functional groups attached to an aromatic ring is 1. The van der Waals surface area contributed by atoms with E-state index in [0.29, 0.717) is 11.3 Å². The standard InChI is InChI=1S/C15H23N3O6S/c1-9(17-14(20)10(2)15(21)22)7-11-3-4-12(18-16)8-13(11)25(23,24)6-5-19/h3-4,8-10,18-19H,5-7,16H2,1-2H3,(H,17,20)(H,21,22). The van der Waals surface area contributed by atoms with Gasteiger partial charge in [0.25, 0.3) is 0 Å². The van der Waals surface area contributed by atoms with Crippen LogP contribution in [0.3, 0.4) is 0 Å². The molecular weight excluding hydrogens is 350 g/mol. The van der Waals surface area contributed by atoms with Crippen LogP contribution in [0, 0.1) is 5.92 Å². The summed E-state index contributed by atoms with van der Waals surface area (Å²) in [5.74, 6) is 1.77. The zero-order valence-corrected chi connectivity index (χ0v) is 14.8. The first-order valence-corrected chi connectivity index (χ1v) is 9.24. The zero-order valence-electron chi connectivity index (χ0n) is 14.0. The Morgan fingerprint density at radius 1 is 1.28 bits per heavy atom. The van der Waals surface area contributed by atoms with Gasteiger partial charge in [0, 0.05) is 11.7 Å². The molecule has 0 saturated heterocycles. The number of aliphatic hydroxyl groups excluding tert-OH is 1. The Labute approximate surface area is 146 Å². The normalized spacial score (nSPS) is 13.8. The zero-order chi connectivity index (χ0) is 19.2. The average molecular weight is 373 g/mol. The molecule has 0 radical (unpaired) electrons. The van der Waals surface area contributed by atoms with Crippen molar-refractivity contribution in [3.8, 4) is 0 Å². The number of sulfone groups is 1. The summed E-state index contributed by atoms with van der Waals surface area (Å²) in [6.07, 6.45) is 0.170. The Hall–Kier alpha value is -2.17. The van der Waals surface area contributed by atoms with Crippen LogP contribution < -0.4 is 16.6 Å². The van der Waals surface area contributed by atoms with Crippen molar-refractivity contribution in [1.82, 2.24) is 5.32 Å². The Morgan fingerprint density at radius 3 is 2.44 bits per heavy atom. The fourth-order valence-electron chi connectivity index (χ4n) is 2.19. The summed E-state index contributed by atoms with van der Waals surface area (Å²) < 4.78 is 24.7. The van der Waals surface area contributed by atoms with Crippen molar-refractivity contribution in [2.24, 2.45) is 11.8 Å². The predicted octanol–water partition coefficient (Wildman–Crippen LogP) is -0.494. The number of hydrogen-bond acceptors (Lipinski definition) is 7. The molecule has 0 spiro atoms. The van der Waals surface area contributed by atoms with Gasteiger partial charge in [-0.3, -0.25) is 15.4 Å². The number of aliphatic carboxylic acids is 1. The molecule has 0 aliphatic rings. The Kier molecular flexibility index (Phi) is 7.34. The van der Waals surface area contributed by atoms with E-state index in [1.54, 1.807) is 19.1 Å². The molecule has 140 valence electrons. The van der Waals surface area contributed by atoms with Gasteiger partial charge in [-0.2, -0.15) is 0 Å². The second kappa shape index (κ2) is 8.79. The second-order valence-corrected chi connectivity index (χ2v) is 7.76. The molecule has 0 fully saturated rings. The maximum absolute atomic E-state index is 12.3. The number of carbonyl (C=O) groups is 2. The number of carboxylic acids is 1. The van der Waals surface area contributed by atoms with Crippen molar-refractivity contribution >= 4 is 27.4 Å². The van der Waals surface area contributed by atoms with Crippen LogP contribution in [0.15, 0.2) is 23.1 Å². The van der Waals surface area contributed by atoms with E-state index in [-0.39, 0.29) is 11.3 Å². The Morgan fingerprint density at radius 2 is 1.92 bits per heavy atom. The molecule has 0 aliphatic heterocycles. The van der Waals surface area contributed by atoms with Crippen LogP contribution in [0.1, 0.15) is 19.4 Å². The molecule has 0 saturated carbocycles. The number of carbonyl (C=O) groups excluding carboxylic acids is 1. The molecule has 2 atom stereocenters. The quantitative estimate of drug-likeness (QED) is 0.220. The maximum Gasteiger partial charge on any atom is 0.315 e. The van der Waals surface area contributed by atoms with Crippen molar-refractivity contribution in [2.45, 2.75) is 31.2 Å². The van der Waals surface area contributed by atoms with Gasteiger partial charge in [-0.05, 0) is 38.0 Å². The number of nitrogens with two attached hydrogens (primary N) is 1. The summed E-state index contributed by atoms with van der Waals surface area (Å²) in [6.45, 7) is 2.39. The highest BCUT2D eigenvalue weighted by Crippen LogP contribution is 2.23. The largest absolute Gasteiger partial charge is 0.481 e. The van der Waals surface area contributed by atoms with Crippen molar-refractivity contribution < 1.29 is 28.2 Å². The van der Waals surface area contributed by atoms with Crippen LogP contribution in [0.25, 0.3) is 0 Å². The lowest BCUT2D eigenvalue weighted by atomic mass is 10.1. The van der Waals surface area contributed by atoms with E-state index in [9.17, 15) is 18.0 Å². The van der Waals surface area contributed by atoms with Gasteiger partial charge in [-0.15, -0.1) is 0 Å². The molecule has 25 heavy (non-hydrogen) atoms. The number of carboxylic acid groups (broad SMARTS) is 1. The third-order valence-electron chi connectivity index (χ3n) is 3.61. The summed E-state index contributed by atoms with van der Waals surface area (Å²) in [5, 5.41) is 20.3. The summed E-state index contributed by atoms with van der Waals surface area (Å²) >= 11 is 0. The summed E-state index contributed by atoms with van der Waals surface area (Å²) in [7, 11) is -3.73. The lowest BCUT2D eigenvalue weighted by molar-refractivity contribution is -0.146. The molecule has 1 aromatic rings. The van der Waals surface area contributed by atoms with E-state index in [1.165, 1.54) is 13.0 Å². The Balaban J connectivity index is 3.05. The summed E-state index contributed by atoms with van der Waals surface area (Å²) in [5.41, 5.74) is 3.18. The van der Waals surface area contributed by atoms with Gasteiger partial charge in [0.1, 0.15) is 5.92 Å². The molecular formula is C15H23N3O6S. The fourth-order valence-corrected chi connectivity index (χ4v) is 3.51. The average Bonchev–Trinajstić information content (AvgIpc) is 2.53. The topological polar surface area (TPSA) is 159 Å². The monoisotopic (exact) mass is 373 g/mol. The smallest absolute Gasteiger partial charge is 0.315 e. The highest BCUT2D eigenvalue weighted by atomic mass is 32.2. The number of aliphatic hydroxyl groups is 1. The van der Waals surface area contributed by atoms with Crippen molar-refractivity contribution in [2.75, 3.05) is 17.8 Å². The van der Waals surface area contributed by atoms with Gasteiger partial charge >= 0.3 is 5.97 Å². The van der Waals surface area contributed by atoms with E-state index < -0.39 is 46.0 Å². The van der Waals surface area contributed by atoms with E-state index >= 15 is 0 Å². The van der Waals surface area contributed by atoms with E-state index in [1.807, 2.05) is 0 Å². The Bertz CT molecular complexity index is 735. The summed E-state index contributed by atoms with van der Waals surface area (Å²) in [6, 6.07) is 4.01. The third-order valence-corrected chi connectivity index (χ3v) is 5.38. The first-order chi connectivity index (χ1) is 11.6. The molecule has 0 bridgehead atoms. The molecule has 1 rings (SSSR count). The van der Waals surface area contributed by atoms with Gasteiger partial charge in [0.15, 0.2) is 9.84 Å². The van der Waals surface area contributed by atoms with E-state index in [4.69, 9.17) is 16.1 Å². The molecule has 2 unspecified atom stereocenters. The SMILES string of the molecule is CC(Cc1ccc(NN)cc1S(=O)(=O)CCO)NC(=O)C(C)C(=O)O. The number of hydrazine groups is 1. The predicted molar refractivity (Wildman–Crippen MR) is 91.5 cm³/mol. The molecule has 9 nitrogen and oxygen atoms in total. The highest BCUT2D eigenvalue weighted by molar-refractivity contribution is 7.91. The van der Waals surface area contributed by atoms with E-state index in [2.05, 4.69) is 10.7 Å². The lowest BCUT2D eigenvalue weighted by Crippen LogP contribution is -2.40. The number of amides is 1. The molecule has 0 aliphatic carbocycles. The van der Waals surface area contributed by atoms with Crippen molar-refractivity contribution in [3.05, 3.63) is 23.8 Å². The number of nitrogens with one attached hydrogen (secondary N) is 2. The van der Waals surface area contributed by atoms with Crippen LogP contribution in [-0.2, 0) is 25.8 Å². The molecule has 10 heteroatoms. The number of hydrogen-bond donors (Lipinski definition) is 5. The first kappa shape index (κ1) is 20.9. The van der Waals surface area contributed by atoms with Crippen LogP contribution in [0.2, 0.25) is 0 Å². The second-order valence-electron chi connectivity index (χ2n) is 5.68. The van der Waals surface area contributed by atoms with Gasteiger partial charge in [-0.1, -0.05) is 6.07 Å². The molecule has 6 N–H and O–H groups in total. The first-order valence-electron chi connectivity index (χ1n) is 7.58. The molecule has 1 amide bonds. The van der Waals surface area contributed by atoms with Crippen LogP contribution >= 0.6 is 0 Å². The summed E-state index contributed by atoms with van der Waals surface area (Å²) in [4.78, 5) is 22.6. The van der Waals surface area contributed by atoms with Gasteiger partial charge in [0.2, 0.25) is 5.91 Å². The number of rotatable bonds is 9. The minimum absolute atomic E-state index is 0.00406. The van der Waals surface area contributed by atoms with Gasteiger partial charge in [0.05, 0.1) is 17.3 Å². The fraction of sp³-hybridized carbons (Fsp3) is 0.467. The third kappa shape index (κ3) is 5.69. The van der Waals surface area contributed by atoms with Crippen LogP contribution in [0.4, 0.5) is 5.69 Å². The highest BCUT2D eigenvalue weighted by Gasteiger charge is 2.24. The van der Waals surface area contributed by atoms with Gasteiger partial charge < -0.3 is 21.0 Å². The lowest BCUT2D eigenvalue weighted by Gasteiger charge is -2.18. The number of benzene rings is 1. The van der Waals surface area contributed by atoms with E-state index in [0.717, 1.165) is 0 Å². The number of anilines is 1. The van der Waals surface area contributed by atoms with Crippen molar-refractivity contribution in [1.29, 1.82) is 0 Å². The van der Waals surface area contributed by atoms with Crippen LogP contribution in [-0.4, -0.2) is 48.9 Å². The molecule has 0 heterocycles. The minimum atomic E-state index is -3.73. The van der Waals surface area contributed by atoms with Crippen LogP contribution in [0.5, 0.6) is 0 Å². The molecule has 0 aromatic heterocycles. The maximum atomic E-state index is 12.3. The van der Waals surface area contributed by atoms with Gasteiger partial charge in [-0.25, -0.2) is 8.42 Å².